The lowest BCUT2D eigenvalue weighted by Crippen LogP contribution is -2.29. The van der Waals surface area contributed by atoms with E-state index in [2.05, 4.69) is 15.5 Å². The summed E-state index contributed by atoms with van der Waals surface area (Å²) < 4.78 is 2.07. The molecular weight excluding hydrogens is 335 g/mol. The lowest BCUT2D eigenvalue weighted by Gasteiger charge is -2.12. The topological polar surface area (TPSA) is 82.9 Å². The van der Waals surface area contributed by atoms with Crippen LogP contribution in [0, 0.1) is 4.77 Å². The summed E-state index contributed by atoms with van der Waals surface area (Å²) in [6.45, 7) is 0.133. The molecule has 9 heteroatoms. The molecule has 0 aliphatic heterocycles. The number of nitrogens with one attached hydrogen (secondary N) is 2. The van der Waals surface area contributed by atoms with E-state index in [0.717, 1.165) is 0 Å². The van der Waals surface area contributed by atoms with Crippen molar-refractivity contribution in [2.45, 2.75) is 12.6 Å². The van der Waals surface area contributed by atoms with Gasteiger partial charge >= 0.3 is 0 Å². The van der Waals surface area contributed by atoms with Gasteiger partial charge in [-0.15, -0.1) is 0 Å². The van der Waals surface area contributed by atoms with Gasteiger partial charge in [0.25, 0.3) is 5.91 Å². The Morgan fingerprint density at radius 2 is 2.10 bits per heavy atom. The number of amides is 1. The Hall–Kier alpha value is -1.41. The van der Waals surface area contributed by atoms with Gasteiger partial charge in [-0.3, -0.25) is 9.89 Å². The van der Waals surface area contributed by atoms with Crippen molar-refractivity contribution in [3.63, 3.8) is 0 Å². The van der Waals surface area contributed by atoms with Crippen LogP contribution in [0.15, 0.2) is 18.2 Å². The van der Waals surface area contributed by atoms with Crippen molar-refractivity contribution in [3.8, 4) is 0 Å². The van der Waals surface area contributed by atoms with Crippen LogP contribution in [0.1, 0.15) is 17.5 Å². The first kappa shape index (κ1) is 16.0. The predicted molar refractivity (Wildman–Crippen MR) is 81.7 cm³/mol. The van der Waals surface area contributed by atoms with E-state index in [4.69, 9.17) is 35.4 Å². The maximum Gasteiger partial charge on any atom is 0.253 e. The summed E-state index contributed by atoms with van der Waals surface area (Å²) in [5.41, 5.74) is 0.320. The van der Waals surface area contributed by atoms with Crippen molar-refractivity contribution in [1.82, 2.24) is 20.1 Å². The highest BCUT2D eigenvalue weighted by Gasteiger charge is 2.18. The first-order valence-corrected chi connectivity index (χ1v) is 7.07. The number of hydrogen-bond acceptors (Lipinski definition) is 4. The number of H-pyrrole nitrogens is 1. The van der Waals surface area contributed by atoms with E-state index in [1.807, 2.05) is 0 Å². The zero-order valence-corrected chi connectivity index (χ0v) is 13.3. The number of benzene rings is 1. The number of aliphatic hydroxyl groups excluding tert-OH is 1. The summed E-state index contributed by atoms with van der Waals surface area (Å²) in [7, 11) is 1.72. The fourth-order valence-corrected chi connectivity index (χ4v) is 2.38. The molecule has 1 unspecified atom stereocenters. The van der Waals surface area contributed by atoms with Crippen LogP contribution in [0.3, 0.4) is 0 Å². The lowest BCUT2D eigenvalue weighted by atomic mass is 10.1. The summed E-state index contributed by atoms with van der Waals surface area (Å²) >= 11 is 16.6. The van der Waals surface area contributed by atoms with Crippen LogP contribution in [-0.2, 0) is 18.4 Å². The first-order chi connectivity index (χ1) is 9.88. The molecule has 0 spiro atoms. The number of carbonyl (C=O) groups is 1. The second kappa shape index (κ2) is 6.57. The number of halogens is 2. The van der Waals surface area contributed by atoms with E-state index in [1.165, 1.54) is 18.2 Å². The number of aromatic amines is 1. The average molecular weight is 347 g/mol. The monoisotopic (exact) mass is 346 g/mol. The third kappa shape index (κ3) is 3.82. The molecule has 6 nitrogen and oxygen atoms in total. The van der Waals surface area contributed by atoms with E-state index in [9.17, 15) is 9.90 Å². The quantitative estimate of drug-likeness (QED) is 0.740. The Kier molecular flexibility index (Phi) is 5.00. The number of rotatable bonds is 4. The van der Waals surface area contributed by atoms with Crippen LogP contribution in [0.5, 0.6) is 0 Å². The molecule has 0 saturated heterocycles. The average Bonchev–Trinajstić information content (AvgIpc) is 2.74. The highest BCUT2D eigenvalue weighted by atomic mass is 35.5. The highest BCUT2D eigenvalue weighted by Crippen LogP contribution is 2.23. The zero-order valence-electron chi connectivity index (χ0n) is 10.9. The minimum Gasteiger partial charge on any atom is -0.378 e. The molecule has 21 heavy (non-hydrogen) atoms. The molecule has 1 atom stereocenters. The molecule has 2 aromatic rings. The van der Waals surface area contributed by atoms with Gasteiger partial charge in [0.1, 0.15) is 0 Å². The standard InChI is InChI=1S/C12H12Cl2N4O2S/c1-18-9(16-17-12(18)21)5-15-11(20)10(19)6-2-7(13)4-8(14)3-6/h2-4,10,19H,5H2,1H3,(H,15,20)(H,17,21). The largest absolute Gasteiger partial charge is 0.378 e. The SMILES string of the molecule is Cn1c(CNC(=O)C(O)c2cc(Cl)cc(Cl)c2)n[nH]c1=S. The van der Waals surface area contributed by atoms with E-state index >= 15 is 0 Å². The molecule has 1 heterocycles. The van der Waals surface area contributed by atoms with Gasteiger partial charge in [0.2, 0.25) is 0 Å². The summed E-state index contributed by atoms with van der Waals surface area (Å²) in [6.07, 6.45) is -1.37. The van der Waals surface area contributed by atoms with Crippen LogP contribution in [-0.4, -0.2) is 25.8 Å². The molecule has 0 radical (unpaired) electrons. The molecule has 112 valence electrons. The van der Waals surface area contributed by atoms with Crippen molar-refractivity contribution < 1.29 is 9.90 Å². The van der Waals surface area contributed by atoms with Gasteiger partial charge in [0.05, 0.1) is 6.54 Å². The Morgan fingerprint density at radius 1 is 1.48 bits per heavy atom. The number of nitrogens with zero attached hydrogens (tertiary/aromatic N) is 2. The molecule has 2 rings (SSSR count). The molecule has 3 N–H and O–H groups in total. The number of aromatic nitrogens is 3. The van der Waals surface area contributed by atoms with Crippen molar-refractivity contribution in [3.05, 3.63) is 44.4 Å². The Bertz CT molecular complexity index is 708. The summed E-state index contributed by atoms with van der Waals surface area (Å²) in [5, 5.41) is 19.8. The van der Waals surface area contributed by atoms with E-state index in [0.29, 0.717) is 26.2 Å². The van der Waals surface area contributed by atoms with E-state index in [1.54, 1.807) is 11.6 Å². The number of hydrogen-bond donors (Lipinski definition) is 3. The molecular formula is C12H12Cl2N4O2S. The smallest absolute Gasteiger partial charge is 0.253 e. The van der Waals surface area contributed by atoms with Gasteiger partial charge in [-0.1, -0.05) is 23.2 Å². The molecule has 0 bridgehead atoms. The molecule has 0 fully saturated rings. The van der Waals surface area contributed by atoms with Crippen molar-refractivity contribution in [1.29, 1.82) is 0 Å². The molecule has 1 aromatic carbocycles. The van der Waals surface area contributed by atoms with E-state index in [-0.39, 0.29) is 6.54 Å². The van der Waals surface area contributed by atoms with Gasteiger partial charge in [0.15, 0.2) is 16.7 Å². The lowest BCUT2D eigenvalue weighted by molar-refractivity contribution is -0.129. The second-order valence-electron chi connectivity index (χ2n) is 4.33. The number of carbonyl (C=O) groups excluding carboxylic acids is 1. The minimum absolute atomic E-state index is 0.133. The predicted octanol–water partition coefficient (Wildman–Crippen LogP) is 2.13. The van der Waals surface area contributed by atoms with Gasteiger partial charge < -0.3 is 15.0 Å². The van der Waals surface area contributed by atoms with Gasteiger partial charge in [-0.05, 0) is 36.0 Å². The van der Waals surface area contributed by atoms with Crippen molar-refractivity contribution >= 4 is 41.3 Å². The summed E-state index contributed by atoms with van der Waals surface area (Å²) in [6, 6.07) is 4.48. The molecule has 0 aliphatic rings. The number of aliphatic hydroxyl groups is 1. The third-order valence-electron chi connectivity index (χ3n) is 2.84. The fraction of sp³-hybridized carbons (Fsp3) is 0.250. The Balaban J connectivity index is 2.06. The first-order valence-electron chi connectivity index (χ1n) is 5.90. The normalized spacial score (nSPS) is 12.2. The van der Waals surface area contributed by atoms with Gasteiger partial charge in [-0.2, -0.15) is 5.10 Å². The fourth-order valence-electron chi connectivity index (χ4n) is 1.68. The molecule has 1 amide bonds. The second-order valence-corrected chi connectivity index (χ2v) is 5.59. The van der Waals surface area contributed by atoms with Crippen LogP contribution in [0.2, 0.25) is 10.0 Å². The summed E-state index contributed by atoms with van der Waals surface area (Å²) in [4.78, 5) is 11.9. The zero-order chi connectivity index (χ0) is 15.6. The van der Waals surface area contributed by atoms with Gasteiger partial charge in [-0.25, -0.2) is 0 Å². The Labute approximate surface area is 135 Å². The van der Waals surface area contributed by atoms with Crippen molar-refractivity contribution in [2.24, 2.45) is 7.05 Å². The Morgan fingerprint density at radius 3 is 2.62 bits per heavy atom. The highest BCUT2D eigenvalue weighted by molar-refractivity contribution is 7.71. The molecule has 0 saturated carbocycles. The third-order valence-corrected chi connectivity index (χ3v) is 3.64. The van der Waals surface area contributed by atoms with Crippen LogP contribution in [0.25, 0.3) is 0 Å². The van der Waals surface area contributed by atoms with Gasteiger partial charge in [0, 0.05) is 17.1 Å². The minimum atomic E-state index is -1.37. The molecule has 0 aliphatic carbocycles. The van der Waals surface area contributed by atoms with E-state index < -0.39 is 12.0 Å². The van der Waals surface area contributed by atoms with Crippen LogP contribution >= 0.6 is 35.4 Å². The maximum atomic E-state index is 11.9. The van der Waals surface area contributed by atoms with Crippen LogP contribution < -0.4 is 5.32 Å². The van der Waals surface area contributed by atoms with Crippen LogP contribution in [0.4, 0.5) is 0 Å². The van der Waals surface area contributed by atoms with Crippen molar-refractivity contribution in [2.75, 3.05) is 0 Å². The molecule has 1 aromatic heterocycles. The maximum absolute atomic E-state index is 11.9. The summed E-state index contributed by atoms with van der Waals surface area (Å²) in [5.74, 6) is -0.0353.